The topological polar surface area (TPSA) is 85.9 Å². The van der Waals surface area contributed by atoms with Crippen molar-refractivity contribution >= 4 is 11.8 Å². The van der Waals surface area contributed by atoms with Gasteiger partial charge in [0, 0.05) is 5.56 Å². The van der Waals surface area contributed by atoms with Gasteiger partial charge in [0.05, 0.1) is 27.2 Å². The quantitative estimate of drug-likeness (QED) is 0.741. The van der Waals surface area contributed by atoms with Crippen LogP contribution in [0.3, 0.4) is 0 Å². The van der Waals surface area contributed by atoms with E-state index in [1.807, 2.05) is 6.92 Å². The van der Waals surface area contributed by atoms with Crippen molar-refractivity contribution in [1.82, 2.24) is 10.9 Å². The molecule has 2 aromatic carbocycles. The smallest absolute Gasteiger partial charge is 0.269 e. The molecule has 138 valence electrons. The van der Waals surface area contributed by atoms with E-state index in [0.717, 1.165) is 5.56 Å². The highest BCUT2D eigenvalue weighted by Crippen LogP contribution is 2.27. The first kappa shape index (κ1) is 19.1. The van der Waals surface area contributed by atoms with Gasteiger partial charge in [-0.2, -0.15) is 0 Å². The molecular weight excluding hydrogens is 336 g/mol. The zero-order chi connectivity index (χ0) is 18.9. The highest BCUT2D eigenvalue weighted by atomic mass is 16.5. The number of carbonyl (C=O) groups excluding carboxylic acids is 2. The normalized spacial score (nSPS) is 9.96. The maximum absolute atomic E-state index is 12.2. The highest BCUT2D eigenvalue weighted by molar-refractivity contribution is 5.96. The molecule has 0 saturated carbocycles. The van der Waals surface area contributed by atoms with Crippen LogP contribution in [-0.2, 0) is 11.2 Å². The van der Waals surface area contributed by atoms with Gasteiger partial charge in [-0.25, -0.2) is 0 Å². The summed E-state index contributed by atoms with van der Waals surface area (Å²) < 4.78 is 15.7. The summed E-state index contributed by atoms with van der Waals surface area (Å²) in [7, 11) is 3.07. The van der Waals surface area contributed by atoms with Crippen molar-refractivity contribution in [2.45, 2.75) is 13.3 Å². The fraction of sp³-hybridized carbons (Fsp3) is 0.263. The van der Waals surface area contributed by atoms with E-state index in [4.69, 9.17) is 14.2 Å². The largest absolute Gasteiger partial charge is 0.497 e. The lowest BCUT2D eigenvalue weighted by Crippen LogP contribution is -2.42. The molecule has 0 aliphatic heterocycles. The fourth-order valence-electron chi connectivity index (χ4n) is 2.26. The predicted octanol–water partition coefficient (Wildman–Crippen LogP) is 2.11. The van der Waals surface area contributed by atoms with Crippen LogP contribution >= 0.6 is 0 Å². The van der Waals surface area contributed by atoms with Gasteiger partial charge in [0.2, 0.25) is 5.91 Å². The van der Waals surface area contributed by atoms with E-state index in [1.165, 1.54) is 7.11 Å². The van der Waals surface area contributed by atoms with E-state index < -0.39 is 5.91 Å². The van der Waals surface area contributed by atoms with Gasteiger partial charge in [-0.3, -0.25) is 20.4 Å². The average Bonchev–Trinajstić information content (AvgIpc) is 2.67. The molecule has 0 heterocycles. The van der Waals surface area contributed by atoms with Crippen LogP contribution in [0.25, 0.3) is 0 Å². The van der Waals surface area contributed by atoms with Gasteiger partial charge in [-0.15, -0.1) is 0 Å². The SMILES string of the molecule is CCOc1ccc(C(=O)NNC(=O)Cc2ccc(OC)cc2)cc1OC. The second-order valence-electron chi connectivity index (χ2n) is 5.33. The number of benzene rings is 2. The summed E-state index contributed by atoms with van der Waals surface area (Å²) in [4.78, 5) is 24.1. The minimum Gasteiger partial charge on any atom is -0.497 e. The van der Waals surface area contributed by atoms with Crippen LogP contribution in [0, 0.1) is 0 Å². The fourth-order valence-corrected chi connectivity index (χ4v) is 2.26. The van der Waals surface area contributed by atoms with Crippen LogP contribution in [0.1, 0.15) is 22.8 Å². The number of rotatable bonds is 7. The number of methoxy groups -OCH3 is 2. The van der Waals surface area contributed by atoms with Gasteiger partial charge in [0.15, 0.2) is 11.5 Å². The van der Waals surface area contributed by atoms with E-state index in [1.54, 1.807) is 49.6 Å². The number of nitrogens with one attached hydrogen (secondary N) is 2. The minimum atomic E-state index is -0.450. The summed E-state index contributed by atoms with van der Waals surface area (Å²) in [6, 6.07) is 11.9. The van der Waals surface area contributed by atoms with Gasteiger partial charge in [-0.1, -0.05) is 12.1 Å². The first-order chi connectivity index (χ1) is 12.6. The molecule has 0 aliphatic carbocycles. The Kier molecular flexibility index (Phi) is 6.84. The Labute approximate surface area is 152 Å². The molecule has 7 heteroatoms. The molecule has 26 heavy (non-hydrogen) atoms. The van der Waals surface area contributed by atoms with Crippen LogP contribution in [0.4, 0.5) is 0 Å². The average molecular weight is 358 g/mol. The summed E-state index contributed by atoms with van der Waals surface area (Å²) in [6.45, 7) is 2.35. The van der Waals surface area contributed by atoms with Crippen molar-refractivity contribution in [2.24, 2.45) is 0 Å². The standard InChI is InChI=1S/C19H22N2O5/c1-4-26-16-10-7-14(12-17(16)25-3)19(23)21-20-18(22)11-13-5-8-15(24-2)9-6-13/h5-10,12H,4,11H2,1-3H3,(H,20,22)(H,21,23). The van der Waals surface area contributed by atoms with Gasteiger partial charge < -0.3 is 14.2 Å². The molecule has 0 aromatic heterocycles. The Balaban J connectivity index is 1.91. The van der Waals surface area contributed by atoms with Gasteiger partial charge in [0.25, 0.3) is 5.91 Å². The lowest BCUT2D eigenvalue weighted by molar-refractivity contribution is -0.121. The van der Waals surface area contributed by atoms with Crippen molar-refractivity contribution in [3.05, 3.63) is 53.6 Å². The molecule has 2 rings (SSSR count). The molecule has 2 N–H and O–H groups in total. The molecular formula is C19H22N2O5. The molecule has 2 amide bonds. The Bertz CT molecular complexity index is 759. The molecule has 0 spiro atoms. The molecule has 0 fully saturated rings. The summed E-state index contributed by atoms with van der Waals surface area (Å²) in [6.07, 6.45) is 0.136. The van der Waals surface area contributed by atoms with Crippen LogP contribution in [0.2, 0.25) is 0 Å². The maximum atomic E-state index is 12.2. The highest BCUT2D eigenvalue weighted by Gasteiger charge is 2.12. The first-order valence-corrected chi connectivity index (χ1v) is 8.10. The first-order valence-electron chi connectivity index (χ1n) is 8.10. The second-order valence-corrected chi connectivity index (χ2v) is 5.33. The Hall–Kier alpha value is -3.22. The Morgan fingerprint density at radius 3 is 2.27 bits per heavy atom. The summed E-state index contributed by atoms with van der Waals surface area (Å²) in [5.74, 6) is 0.932. The lowest BCUT2D eigenvalue weighted by atomic mass is 10.1. The van der Waals surface area contributed by atoms with E-state index in [2.05, 4.69) is 10.9 Å². The molecule has 0 saturated heterocycles. The van der Waals surface area contributed by atoms with Crippen molar-refractivity contribution in [1.29, 1.82) is 0 Å². The molecule has 7 nitrogen and oxygen atoms in total. The Morgan fingerprint density at radius 2 is 1.65 bits per heavy atom. The van der Waals surface area contributed by atoms with Crippen LogP contribution in [0.15, 0.2) is 42.5 Å². The van der Waals surface area contributed by atoms with Crippen LogP contribution < -0.4 is 25.1 Å². The zero-order valence-corrected chi connectivity index (χ0v) is 15.0. The zero-order valence-electron chi connectivity index (χ0n) is 15.0. The van der Waals surface area contributed by atoms with Gasteiger partial charge >= 0.3 is 0 Å². The van der Waals surface area contributed by atoms with E-state index in [-0.39, 0.29) is 12.3 Å². The molecule has 0 atom stereocenters. The van der Waals surface area contributed by atoms with Crippen LogP contribution in [0.5, 0.6) is 17.2 Å². The summed E-state index contributed by atoms with van der Waals surface area (Å²) >= 11 is 0. The van der Waals surface area contributed by atoms with Gasteiger partial charge in [0.1, 0.15) is 5.75 Å². The predicted molar refractivity (Wildman–Crippen MR) is 96.5 cm³/mol. The summed E-state index contributed by atoms with van der Waals surface area (Å²) in [5.41, 5.74) is 5.93. The maximum Gasteiger partial charge on any atom is 0.269 e. The number of hydrogen-bond donors (Lipinski definition) is 2. The van der Waals surface area contributed by atoms with E-state index in [9.17, 15) is 9.59 Å². The number of ether oxygens (including phenoxy) is 3. The third kappa shape index (κ3) is 5.14. The van der Waals surface area contributed by atoms with E-state index in [0.29, 0.717) is 29.4 Å². The number of carbonyl (C=O) groups is 2. The van der Waals surface area contributed by atoms with Crippen molar-refractivity contribution in [3.8, 4) is 17.2 Å². The van der Waals surface area contributed by atoms with Crippen molar-refractivity contribution in [3.63, 3.8) is 0 Å². The van der Waals surface area contributed by atoms with Gasteiger partial charge in [-0.05, 0) is 42.8 Å². The molecule has 2 aromatic rings. The number of amides is 2. The van der Waals surface area contributed by atoms with Crippen molar-refractivity contribution < 1.29 is 23.8 Å². The monoisotopic (exact) mass is 358 g/mol. The Morgan fingerprint density at radius 1 is 0.923 bits per heavy atom. The molecule has 0 unspecified atom stereocenters. The minimum absolute atomic E-state index is 0.136. The number of hydrazine groups is 1. The van der Waals surface area contributed by atoms with E-state index >= 15 is 0 Å². The van der Waals surface area contributed by atoms with Crippen molar-refractivity contribution in [2.75, 3.05) is 20.8 Å². The molecule has 0 radical (unpaired) electrons. The third-order valence-corrected chi connectivity index (χ3v) is 3.56. The molecule has 0 aliphatic rings. The lowest BCUT2D eigenvalue weighted by Gasteiger charge is -2.11. The number of hydrogen-bond acceptors (Lipinski definition) is 5. The summed E-state index contributed by atoms with van der Waals surface area (Å²) in [5, 5.41) is 0. The third-order valence-electron chi connectivity index (χ3n) is 3.56. The molecule has 0 bridgehead atoms. The van der Waals surface area contributed by atoms with Crippen LogP contribution in [-0.4, -0.2) is 32.6 Å². The second kappa shape index (κ2) is 9.31.